The fourth-order valence-corrected chi connectivity index (χ4v) is 3.71. The molecule has 0 unspecified atom stereocenters. The maximum atomic E-state index is 11.9. The second-order valence-electron chi connectivity index (χ2n) is 7.12. The zero-order chi connectivity index (χ0) is 21.5. The third-order valence-corrected chi connectivity index (χ3v) is 5.63. The van der Waals surface area contributed by atoms with E-state index in [0.717, 1.165) is 22.6 Å². The Hall–Kier alpha value is -2.51. The smallest absolute Gasteiger partial charge is 0.316 e. The highest BCUT2D eigenvalue weighted by Gasteiger charge is 2.16. The molecule has 2 aromatic carbocycles. The molecule has 0 radical (unpaired) electrons. The van der Waals surface area contributed by atoms with Gasteiger partial charge in [0.1, 0.15) is 0 Å². The Morgan fingerprint density at radius 3 is 2.67 bits per heavy atom. The largest absolute Gasteiger partial charge is 0.462 e. The Morgan fingerprint density at radius 2 is 1.97 bits per heavy atom. The molecule has 6 nitrogen and oxygen atoms in total. The van der Waals surface area contributed by atoms with Crippen molar-refractivity contribution in [2.75, 3.05) is 11.1 Å². The molecule has 158 valence electrons. The van der Waals surface area contributed by atoms with Gasteiger partial charge in [-0.1, -0.05) is 59.8 Å². The molecule has 0 aliphatic heterocycles. The molecule has 0 aliphatic carbocycles. The fraction of sp³-hybridized carbons (Fsp3) is 0.318. The Labute approximate surface area is 186 Å². The maximum Gasteiger partial charge on any atom is 0.316 e. The quantitative estimate of drug-likeness (QED) is 0.372. The molecule has 0 fully saturated rings. The molecule has 0 spiro atoms. The highest BCUT2D eigenvalue weighted by Crippen LogP contribution is 2.22. The molecule has 8 heteroatoms. The second kappa shape index (κ2) is 10.5. The molecular formula is C22H25ClN4O2S. The van der Waals surface area contributed by atoms with E-state index in [-0.39, 0.29) is 17.8 Å². The number of benzene rings is 2. The third-order valence-electron chi connectivity index (χ3n) is 4.29. The fourth-order valence-electron chi connectivity index (χ4n) is 2.79. The molecule has 0 saturated carbocycles. The first-order chi connectivity index (χ1) is 14.4. The molecule has 1 heterocycles. The lowest BCUT2D eigenvalue weighted by Crippen LogP contribution is -2.14. The van der Waals surface area contributed by atoms with E-state index >= 15 is 0 Å². The lowest BCUT2D eigenvalue weighted by Gasteiger charge is -2.12. The summed E-state index contributed by atoms with van der Waals surface area (Å²) in [6.07, 6.45) is -0.138. The SMILES string of the molecule is Cc1ccc(NCc2nnc(SCC(=O)OC(C)C)n2Cc2ccccc2)cc1Cl. The predicted octanol–water partition coefficient (Wildman–Crippen LogP) is 4.94. The molecule has 0 aliphatic rings. The number of hydrogen-bond acceptors (Lipinski definition) is 6. The number of hydrogen-bond donors (Lipinski definition) is 1. The minimum absolute atomic E-state index is 0.138. The van der Waals surface area contributed by atoms with Crippen molar-refractivity contribution in [3.63, 3.8) is 0 Å². The van der Waals surface area contributed by atoms with Gasteiger partial charge >= 0.3 is 5.97 Å². The van der Waals surface area contributed by atoms with Gasteiger partial charge in [0, 0.05) is 10.7 Å². The normalized spacial score (nSPS) is 11.0. The van der Waals surface area contributed by atoms with Crippen molar-refractivity contribution in [2.24, 2.45) is 0 Å². The van der Waals surface area contributed by atoms with Crippen molar-refractivity contribution >= 4 is 35.0 Å². The predicted molar refractivity (Wildman–Crippen MR) is 121 cm³/mol. The summed E-state index contributed by atoms with van der Waals surface area (Å²) in [7, 11) is 0. The first-order valence-corrected chi connectivity index (χ1v) is 11.1. The highest BCUT2D eigenvalue weighted by atomic mass is 35.5. The van der Waals surface area contributed by atoms with Crippen LogP contribution in [0.25, 0.3) is 0 Å². The number of esters is 1. The van der Waals surface area contributed by atoms with Gasteiger partial charge in [0.2, 0.25) is 0 Å². The number of anilines is 1. The number of ether oxygens (including phenoxy) is 1. The number of rotatable bonds is 9. The summed E-state index contributed by atoms with van der Waals surface area (Å²) in [4.78, 5) is 11.9. The number of halogens is 1. The standard InChI is InChI=1S/C22H25ClN4O2S/c1-15(2)29-21(28)14-30-22-26-25-20(27(22)13-17-7-5-4-6-8-17)12-24-18-10-9-16(3)19(23)11-18/h4-11,15,24H,12-14H2,1-3H3. The van der Waals surface area contributed by atoms with Gasteiger partial charge in [-0.05, 0) is 44.0 Å². The summed E-state index contributed by atoms with van der Waals surface area (Å²) in [5.74, 6) is 0.694. The Kier molecular flexibility index (Phi) is 7.76. The van der Waals surface area contributed by atoms with Crippen LogP contribution in [0.3, 0.4) is 0 Å². The summed E-state index contributed by atoms with van der Waals surface area (Å²) in [6.45, 7) is 6.73. The molecule has 1 aromatic heterocycles. The first-order valence-electron chi connectivity index (χ1n) is 9.70. The second-order valence-corrected chi connectivity index (χ2v) is 8.47. The lowest BCUT2D eigenvalue weighted by atomic mass is 10.2. The van der Waals surface area contributed by atoms with E-state index in [0.29, 0.717) is 23.3 Å². The van der Waals surface area contributed by atoms with E-state index < -0.39 is 0 Å². The summed E-state index contributed by atoms with van der Waals surface area (Å²) >= 11 is 7.55. The number of carbonyl (C=O) groups excluding carboxylic acids is 1. The summed E-state index contributed by atoms with van der Waals surface area (Å²) in [6, 6.07) is 15.9. The number of aryl methyl sites for hydroxylation is 1. The van der Waals surface area contributed by atoms with Gasteiger partial charge in [0.05, 0.1) is 24.9 Å². The van der Waals surface area contributed by atoms with Gasteiger partial charge in [0.25, 0.3) is 0 Å². The minimum atomic E-state index is -0.266. The van der Waals surface area contributed by atoms with E-state index in [1.807, 2.05) is 61.7 Å². The average molecular weight is 445 g/mol. The highest BCUT2D eigenvalue weighted by molar-refractivity contribution is 7.99. The Bertz CT molecular complexity index is 992. The van der Waals surface area contributed by atoms with Crippen LogP contribution in [-0.4, -0.2) is 32.6 Å². The van der Waals surface area contributed by atoms with Gasteiger partial charge in [-0.2, -0.15) is 0 Å². The van der Waals surface area contributed by atoms with Crippen LogP contribution in [0.15, 0.2) is 53.7 Å². The number of nitrogens with zero attached hydrogens (tertiary/aromatic N) is 3. The molecular weight excluding hydrogens is 420 g/mol. The van der Waals surface area contributed by atoms with Gasteiger partial charge in [0.15, 0.2) is 11.0 Å². The van der Waals surface area contributed by atoms with Crippen LogP contribution in [0.2, 0.25) is 5.02 Å². The van der Waals surface area contributed by atoms with Gasteiger partial charge in [-0.25, -0.2) is 0 Å². The van der Waals surface area contributed by atoms with E-state index in [1.54, 1.807) is 0 Å². The van der Waals surface area contributed by atoms with Crippen molar-refractivity contribution in [1.82, 2.24) is 14.8 Å². The van der Waals surface area contributed by atoms with Crippen LogP contribution < -0.4 is 5.32 Å². The number of aromatic nitrogens is 3. The number of nitrogens with one attached hydrogen (secondary N) is 1. The molecule has 3 aromatic rings. The van der Waals surface area contributed by atoms with Crippen LogP contribution in [0.4, 0.5) is 5.69 Å². The molecule has 0 amide bonds. The average Bonchev–Trinajstić information content (AvgIpc) is 3.09. The van der Waals surface area contributed by atoms with E-state index in [9.17, 15) is 4.79 Å². The van der Waals surface area contributed by atoms with Crippen LogP contribution in [-0.2, 0) is 22.6 Å². The van der Waals surface area contributed by atoms with E-state index in [1.165, 1.54) is 11.8 Å². The maximum absolute atomic E-state index is 11.9. The zero-order valence-electron chi connectivity index (χ0n) is 17.3. The zero-order valence-corrected chi connectivity index (χ0v) is 18.8. The molecule has 0 saturated heterocycles. The lowest BCUT2D eigenvalue weighted by molar-refractivity contribution is -0.144. The van der Waals surface area contributed by atoms with Crippen LogP contribution in [0.5, 0.6) is 0 Å². The van der Waals surface area contributed by atoms with E-state index in [2.05, 4.69) is 27.6 Å². The molecule has 0 bridgehead atoms. The minimum Gasteiger partial charge on any atom is -0.462 e. The summed E-state index contributed by atoms with van der Waals surface area (Å²) in [5.41, 5.74) is 3.07. The molecule has 0 atom stereocenters. The molecule has 3 rings (SSSR count). The summed E-state index contributed by atoms with van der Waals surface area (Å²) in [5, 5.41) is 13.4. The number of carbonyl (C=O) groups is 1. The van der Waals surface area contributed by atoms with E-state index in [4.69, 9.17) is 16.3 Å². The van der Waals surface area contributed by atoms with Crippen LogP contribution in [0.1, 0.15) is 30.8 Å². The van der Waals surface area contributed by atoms with Crippen LogP contribution >= 0.6 is 23.4 Å². The van der Waals surface area contributed by atoms with Crippen molar-refractivity contribution in [1.29, 1.82) is 0 Å². The van der Waals surface area contributed by atoms with Crippen molar-refractivity contribution < 1.29 is 9.53 Å². The Morgan fingerprint density at radius 1 is 1.20 bits per heavy atom. The van der Waals surface area contributed by atoms with Crippen molar-refractivity contribution in [3.8, 4) is 0 Å². The monoisotopic (exact) mass is 444 g/mol. The molecule has 1 N–H and O–H groups in total. The van der Waals surface area contributed by atoms with Gasteiger partial charge in [-0.3, -0.25) is 4.79 Å². The number of thioether (sulfide) groups is 1. The van der Waals surface area contributed by atoms with Gasteiger partial charge in [-0.15, -0.1) is 10.2 Å². The third kappa shape index (κ3) is 6.24. The molecule has 30 heavy (non-hydrogen) atoms. The first kappa shape index (κ1) is 22.2. The van der Waals surface area contributed by atoms with Gasteiger partial charge < -0.3 is 14.6 Å². The Balaban J connectivity index is 1.76. The van der Waals surface area contributed by atoms with Crippen molar-refractivity contribution in [3.05, 3.63) is 70.5 Å². The van der Waals surface area contributed by atoms with Crippen molar-refractivity contribution in [2.45, 2.75) is 45.1 Å². The van der Waals surface area contributed by atoms with Crippen LogP contribution in [0, 0.1) is 6.92 Å². The topological polar surface area (TPSA) is 69.0 Å². The summed E-state index contributed by atoms with van der Waals surface area (Å²) < 4.78 is 7.24.